The predicted octanol–water partition coefficient (Wildman–Crippen LogP) is 4.78. The maximum atomic E-state index is 13.0. The van der Waals surface area contributed by atoms with Crippen LogP contribution >= 0.6 is 23.4 Å². The number of ether oxygens (including phenoxy) is 1. The standard InChI is InChI=1S/C25H27ClN4O4S2/c1-16-5-4-6-19(11-16)15-35-25-27-12-22(26)23(29-25)24(31)28-20-7-9-21(10-8-20)36(32,33)30-13-17(2)34-18(3)14-30/h4-12,17-18H,13-15H2,1-3H3,(H,28,31). The van der Waals surface area contributed by atoms with Crippen molar-refractivity contribution < 1.29 is 17.9 Å². The first-order valence-electron chi connectivity index (χ1n) is 11.4. The zero-order valence-electron chi connectivity index (χ0n) is 20.1. The smallest absolute Gasteiger partial charge is 0.275 e. The van der Waals surface area contributed by atoms with Gasteiger partial charge in [-0.1, -0.05) is 53.2 Å². The highest BCUT2D eigenvalue weighted by Crippen LogP contribution is 2.25. The maximum Gasteiger partial charge on any atom is 0.275 e. The Morgan fingerprint density at radius 3 is 2.53 bits per heavy atom. The summed E-state index contributed by atoms with van der Waals surface area (Å²) < 4.78 is 33.2. The summed E-state index contributed by atoms with van der Waals surface area (Å²) in [5.74, 6) is 0.146. The van der Waals surface area contributed by atoms with Crippen molar-refractivity contribution in [1.82, 2.24) is 14.3 Å². The molecule has 4 rings (SSSR count). The topological polar surface area (TPSA) is 101 Å². The van der Waals surface area contributed by atoms with Gasteiger partial charge in [-0.2, -0.15) is 4.31 Å². The van der Waals surface area contributed by atoms with Gasteiger partial charge in [-0.25, -0.2) is 18.4 Å². The van der Waals surface area contributed by atoms with Gasteiger partial charge in [0, 0.05) is 24.5 Å². The molecule has 1 fully saturated rings. The molecule has 3 aromatic rings. The number of benzene rings is 2. The molecule has 0 radical (unpaired) electrons. The molecule has 1 N–H and O–H groups in total. The Balaban J connectivity index is 1.43. The molecule has 190 valence electrons. The van der Waals surface area contributed by atoms with Gasteiger partial charge in [0.1, 0.15) is 0 Å². The van der Waals surface area contributed by atoms with Crippen molar-refractivity contribution in [2.45, 2.75) is 48.8 Å². The Hall–Kier alpha value is -2.50. The minimum absolute atomic E-state index is 0.0476. The summed E-state index contributed by atoms with van der Waals surface area (Å²) >= 11 is 7.61. The number of carbonyl (C=O) groups excluding carboxylic acids is 1. The third kappa shape index (κ3) is 6.43. The molecule has 1 saturated heterocycles. The number of carbonyl (C=O) groups is 1. The fourth-order valence-electron chi connectivity index (χ4n) is 3.91. The van der Waals surface area contributed by atoms with E-state index in [0.717, 1.165) is 11.1 Å². The van der Waals surface area contributed by atoms with Gasteiger partial charge < -0.3 is 10.1 Å². The molecule has 36 heavy (non-hydrogen) atoms. The van der Waals surface area contributed by atoms with Crippen LogP contribution in [0.15, 0.2) is 64.8 Å². The van der Waals surface area contributed by atoms with Crippen molar-refractivity contribution in [3.63, 3.8) is 0 Å². The number of sulfonamides is 1. The van der Waals surface area contributed by atoms with Gasteiger partial charge in [-0.05, 0) is 50.6 Å². The molecule has 2 atom stereocenters. The lowest BCUT2D eigenvalue weighted by Gasteiger charge is -2.34. The van der Waals surface area contributed by atoms with Crippen LogP contribution in [0, 0.1) is 6.92 Å². The quantitative estimate of drug-likeness (QED) is 0.336. The molecule has 0 saturated carbocycles. The van der Waals surface area contributed by atoms with Gasteiger partial charge in [0.2, 0.25) is 10.0 Å². The molecule has 1 aromatic heterocycles. The van der Waals surface area contributed by atoms with Gasteiger partial charge in [0.05, 0.1) is 28.3 Å². The first kappa shape index (κ1) is 26.6. The average Bonchev–Trinajstić information content (AvgIpc) is 2.83. The molecule has 2 unspecified atom stereocenters. The molecule has 8 nitrogen and oxygen atoms in total. The van der Waals surface area contributed by atoms with Crippen LogP contribution in [-0.4, -0.2) is 53.9 Å². The lowest BCUT2D eigenvalue weighted by atomic mass is 10.2. The minimum Gasteiger partial charge on any atom is -0.373 e. The summed E-state index contributed by atoms with van der Waals surface area (Å²) in [6.07, 6.45) is 1.04. The zero-order chi connectivity index (χ0) is 25.9. The van der Waals surface area contributed by atoms with E-state index in [-0.39, 0.29) is 27.8 Å². The van der Waals surface area contributed by atoms with E-state index in [9.17, 15) is 13.2 Å². The average molecular weight is 547 g/mol. The number of amides is 1. The van der Waals surface area contributed by atoms with E-state index in [0.29, 0.717) is 29.7 Å². The number of hydrogen-bond acceptors (Lipinski definition) is 7. The first-order chi connectivity index (χ1) is 17.1. The van der Waals surface area contributed by atoms with Crippen molar-refractivity contribution >= 4 is 45.0 Å². The molecule has 11 heteroatoms. The highest BCUT2D eigenvalue weighted by Gasteiger charge is 2.32. The predicted molar refractivity (Wildman–Crippen MR) is 141 cm³/mol. The number of nitrogens with zero attached hydrogens (tertiary/aromatic N) is 3. The van der Waals surface area contributed by atoms with Crippen molar-refractivity contribution in [3.8, 4) is 0 Å². The molecule has 0 aliphatic carbocycles. The van der Waals surface area contributed by atoms with Crippen LogP contribution in [0.5, 0.6) is 0 Å². The second kappa shape index (κ2) is 11.3. The summed E-state index contributed by atoms with van der Waals surface area (Å²) in [4.78, 5) is 21.6. The fourth-order valence-corrected chi connectivity index (χ4v) is 6.43. The number of halogens is 1. The van der Waals surface area contributed by atoms with Crippen LogP contribution < -0.4 is 5.32 Å². The van der Waals surface area contributed by atoms with Crippen LogP contribution in [0.3, 0.4) is 0 Å². The number of aryl methyl sites for hydroxylation is 1. The molecule has 0 spiro atoms. The Labute approximate surface area is 220 Å². The van der Waals surface area contributed by atoms with Crippen LogP contribution in [-0.2, 0) is 20.5 Å². The van der Waals surface area contributed by atoms with Crippen molar-refractivity contribution in [3.05, 3.63) is 76.6 Å². The third-order valence-electron chi connectivity index (χ3n) is 5.52. The van der Waals surface area contributed by atoms with E-state index in [1.54, 1.807) is 12.1 Å². The van der Waals surface area contributed by atoms with E-state index in [2.05, 4.69) is 21.4 Å². The van der Waals surface area contributed by atoms with Gasteiger partial charge in [-0.3, -0.25) is 4.79 Å². The van der Waals surface area contributed by atoms with E-state index >= 15 is 0 Å². The van der Waals surface area contributed by atoms with Crippen LogP contribution in [0.4, 0.5) is 5.69 Å². The number of nitrogens with one attached hydrogen (secondary N) is 1. The first-order valence-corrected chi connectivity index (χ1v) is 14.2. The van der Waals surface area contributed by atoms with Gasteiger partial charge in [-0.15, -0.1) is 0 Å². The number of hydrogen-bond donors (Lipinski definition) is 1. The summed E-state index contributed by atoms with van der Waals surface area (Å²) in [5.41, 5.74) is 2.76. The van der Waals surface area contributed by atoms with Crippen LogP contribution in [0.25, 0.3) is 0 Å². The summed E-state index contributed by atoms with van der Waals surface area (Å²) in [6.45, 7) is 6.31. The highest BCUT2D eigenvalue weighted by atomic mass is 35.5. The van der Waals surface area contributed by atoms with Gasteiger partial charge >= 0.3 is 0 Å². The lowest BCUT2D eigenvalue weighted by molar-refractivity contribution is -0.0440. The minimum atomic E-state index is -3.67. The molecular weight excluding hydrogens is 520 g/mol. The van der Waals surface area contributed by atoms with Crippen LogP contribution in [0.1, 0.15) is 35.5 Å². The molecule has 2 aromatic carbocycles. The highest BCUT2D eigenvalue weighted by molar-refractivity contribution is 7.98. The summed E-state index contributed by atoms with van der Waals surface area (Å²) in [5, 5.41) is 3.29. The number of morpholine rings is 1. The van der Waals surface area contributed by atoms with Crippen LogP contribution in [0.2, 0.25) is 5.02 Å². The second-order valence-electron chi connectivity index (χ2n) is 8.68. The van der Waals surface area contributed by atoms with E-state index in [1.807, 2.05) is 39.0 Å². The number of anilines is 1. The van der Waals surface area contributed by atoms with E-state index in [4.69, 9.17) is 16.3 Å². The van der Waals surface area contributed by atoms with Gasteiger partial charge in [0.15, 0.2) is 10.9 Å². The van der Waals surface area contributed by atoms with E-state index in [1.165, 1.54) is 34.4 Å². The largest absolute Gasteiger partial charge is 0.373 e. The normalized spacial score (nSPS) is 18.7. The summed E-state index contributed by atoms with van der Waals surface area (Å²) in [6, 6.07) is 14.2. The molecular formula is C25H27ClN4O4S2. The molecule has 1 amide bonds. The number of aromatic nitrogens is 2. The third-order valence-corrected chi connectivity index (χ3v) is 8.58. The molecule has 2 heterocycles. The Kier molecular flexibility index (Phi) is 8.31. The van der Waals surface area contributed by atoms with Gasteiger partial charge in [0.25, 0.3) is 5.91 Å². The Bertz CT molecular complexity index is 1340. The second-order valence-corrected chi connectivity index (χ2v) is 12.0. The number of thioether (sulfide) groups is 1. The van der Waals surface area contributed by atoms with Crippen molar-refractivity contribution in [2.24, 2.45) is 0 Å². The molecule has 1 aliphatic heterocycles. The Morgan fingerprint density at radius 1 is 1.17 bits per heavy atom. The lowest BCUT2D eigenvalue weighted by Crippen LogP contribution is -2.48. The fraction of sp³-hybridized carbons (Fsp3) is 0.320. The van der Waals surface area contributed by atoms with E-state index < -0.39 is 15.9 Å². The van der Waals surface area contributed by atoms with Crippen molar-refractivity contribution in [2.75, 3.05) is 18.4 Å². The maximum absolute atomic E-state index is 13.0. The molecule has 0 bridgehead atoms. The van der Waals surface area contributed by atoms with Crippen molar-refractivity contribution in [1.29, 1.82) is 0 Å². The Morgan fingerprint density at radius 2 is 1.86 bits per heavy atom. The summed E-state index contributed by atoms with van der Waals surface area (Å²) in [7, 11) is -3.67. The monoisotopic (exact) mass is 546 g/mol. The molecule has 1 aliphatic rings. The number of rotatable bonds is 7. The zero-order valence-corrected chi connectivity index (χ0v) is 22.5. The SMILES string of the molecule is Cc1cccc(CSc2ncc(Cl)c(C(=O)Nc3ccc(S(=O)(=O)N4CC(C)OC(C)C4)cc3)n2)c1.